The van der Waals surface area contributed by atoms with Crippen LogP contribution < -0.4 is 9.64 Å². The van der Waals surface area contributed by atoms with Crippen molar-refractivity contribution in [2.75, 3.05) is 45.8 Å². The van der Waals surface area contributed by atoms with Gasteiger partial charge in [-0.25, -0.2) is 18.7 Å². The summed E-state index contributed by atoms with van der Waals surface area (Å²) in [5, 5.41) is 0. The van der Waals surface area contributed by atoms with Crippen molar-refractivity contribution in [1.29, 1.82) is 0 Å². The maximum atomic E-state index is 14.4. The van der Waals surface area contributed by atoms with Gasteiger partial charge in [0.25, 0.3) is 0 Å². The Morgan fingerprint density at radius 2 is 1.86 bits per heavy atom. The first-order chi connectivity index (χ1) is 16.9. The molecule has 1 saturated heterocycles. The van der Waals surface area contributed by atoms with E-state index in [0.29, 0.717) is 31.0 Å². The molecule has 2 heterocycles. The fourth-order valence-electron chi connectivity index (χ4n) is 4.92. The Hall–Kier alpha value is -2.81. The van der Waals surface area contributed by atoms with Crippen molar-refractivity contribution in [3.63, 3.8) is 0 Å². The first-order valence-corrected chi connectivity index (χ1v) is 12.2. The molecule has 0 bridgehead atoms. The van der Waals surface area contributed by atoms with Gasteiger partial charge in [-0.3, -0.25) is 4.79 Å². The second-order valence-corrected chi connectivity index (χ2v) is 9.78. The Kier molecular flexibility index (Phi) is 8.15. The molecule has 2 atom stereocenters. The summed E-state index contributed by atoms with van der Waals surface area (Å²) in [7, 11) is 4.82. The molecule has 1 saturated carbocycles. The number of nitrogens with zero attached hydrogens (tertiary/aromatic N) is 4. The average Bonchev–Trinajstić information content (AvgIpc) is 3.62. The smallest absolute Gasteiger partial charge is 0.226 e. The van der Waals surface area contributed by atoms with Crippen LogP contribution in [0.3, 0.4) is 0 Å². The number of hydrogen-bond donors (Lipinski definition) is 0. The summed E-state index contributed by atoms with van der Waals surface area (Å²) in [4.78, 5) is 24.3. The van der Waals surface area contributed by atoms with Gasteiger partial charge in [0.15, 0.2) is 11.6 Å². The van der Waals surface area contributed by atoms with Crippen LogP contribution in [0, 0.1) is 29.4 Å². The van der Waals surface area contributed by atoms with Crippen molar-refractivity contribution >= 4 is 11.9 Å². The third-order valence-electron chi connectivity index (χ3n) is 7.10. The summed E-state index contributed by atoms with van der Waals surface area (Å²) in [5.41, 5.74) is 1.01. The van der Waals surface area contributed by atoms with Crippen molar-refractivity contribution in [3.05, 3.63) is 47.3 Å². The average molecular weight is 489 g/mol. The normalized spacial score (nSPS) is 20.1. The number of anilines is 1. The fraction of sp³-hybridized carbons (Fsp3) is 0.577. The van der Waals surface area contributed by atoms with Gasteiger partial charge >= 0.3 is 0 Å². The van der Waals surface area contributed by atoms with E-state index in [-0.39, 0.29) is 23.6 Å². The van der Waals surface area contributed by atoms with Crippen LogP contribution >= 0.6 is 0 Å². The zero-order valence-corrected chi connectivity index (χ0v) is 20.7. The van der Waals surface area contributed by atoms with E-state index in [2.05, 4.69) is 14.9 Å². The van der Waals surface area contributed by atoms with Crippen LogP contribution in [0.15, 0.2) is 24.5 Å². The molecule has 2 aromatic rings. The molecule has 9 heteroatoms. The summed E-state index contributed by atoms with van der Waals surface area (Å²) in [6.45, 7) is 2.76. The number of likely N-dealkylation sites (N-methyl/N-ethyl adjacent to an activating group) is 1. The number of rotatable bonds is 10. The molecule has 1 aliphatic heterocycles. The number of methoxy groups -OCH3 is 1. The molecule has 7 nitrogen and oxygen atoms in total. The molecule has 0 N–H and O–H groups in total. The number of aromatic nitrogens is 2. The van der Waals surface area contributed by atoms with Crippen LogP contribution in [0.4, 0.5) is 14.7 Å². The predicted octanol–water partition coefficient (Wildman–Crippen LogP) is 3.85. The topological polar surface area (TPSA) is 67.8 Å². The van der Waals surface area contributed by atoms with Crippen LogP contribution in [-0.4, -0.2) is 61.7 Å². The third-order valence-corrected chi connectivity index (χ3v) is 7.10. The number of benzene rings is 1. The molecular formula is C26H34F2N4O3. The van der Waals surface area contributed by atoms with Crippen LogP contribution in [-0.2, 0) is 22.6 Å². The lowest BCUT2D eigenvalue weighted by Gasteiger charge is -2.32. The molecule has 1 aliphatic carbocycles. The maximum absolute atomic E-state index is 14.4. The van der Waals surface area contributed by atoms with Crippen LogP contribution in [0.2, 0.25) is 0 Å². The predicted molar refractivity (Wildman–Crippen MR) is 128 cm³/mol. The lowest BCUT2D eigenvalue weighted by molar-refractivity contribution is -0.128. The highest BCUT2D eigenvalue weighted by molar-refractivity contribution is 5.78. The van der Waals surface area contributed by atoms with Crippen molar-refractivity contribution in [3.8, 4) is 5.75 Å². The standard InChI is InChI=1S/C26H34F2N4O3/c1-31(2)25(33)12-20-11-23(28)24(13-22(20)27)35-9-6-19-10-21(19)18-4-7-32(8-5-18)26-29-14-17(15-30-26)16-34-3/h11,13-15,18-19,21H,4-10,12,16H2,1-3H3/t19-,21-/m1/s1. The highest BCUT2D eigenvalue weighted by Gasteiger charge is 2.43. The molecule has 0 radical (unpaired) electrons. The van der Waals surface area contributed by atoms with Gasteiger partial charge in [0.2, 0.25) is 11.9 Å². The summed E-state index contributed by atoms with van der Waals surface area (Å²) in [6, 6.07) is 2.12. The van der Waals surface area contributed by atoms with Gasteiger partial charge in [0.05, 0.1) is 19.6 Å². The number of ether oxygens (including phenoxy) is 2. The minimum absolute atomic E-state index is 0.0402. The Labute approximate surface area is 205 Å². The molecule has 2 aliphatic rings. The molecular weight excluding hydrogens is 454 g/mol. The lowest BCUT2D eigenvalue weighted by Crippen LogP contribution is -2.35. The number of carbonyl (C=O) groups is 1. The van der Waals surface area contributed by atoms with Crippen LogP contribution in [0.1, 0.15) is 36.8 Å². The number of hydrogen-bond acceptors (Lipinski definition) is 6. The lowest BCUT2D eigenvalue weighted by atomic mass is 9.90. The summed E-state index contributed by atoms with van der Waals surface area (Å²) in [5.74, 6) is 1.06. The molecule has 1 aromatic heterocycles. The second kappa shape index (κ2) is 11.3. The van der Waals surface area contributed by atoms with Gasteiger partial charge in [-0.15, -0.1) is 0 Å². The van der Waals surface area contributed by atoms with Crippen molar-refractivity contribution in [2.24, 2.45) is 17.8 Å². The first-order valence-electron chi connectivity index (χ1n) is 12.2. The minimum atomic E-state index is -0.634. The monoisotopic (exact) mass is 488 g/mol. The van der Waals surface area contributed by atoms with E-state index in [1.165, 1.54) is 11.3 Å². The Morgan fingerprint density at radius 1 is 1.14 bits per heavy atom. The first kappa shape index (κ1) is 25.3. The molecule has 1 amide bonds. The SMILES string of the molecule is COCc1cnc(N2CCC([C@H]3C[C@H]3CCOc3cc(F)c(CC(=O)N(C)C)cc3F)CC2)nc1. The van der Waals surface area contributed by atoms with Gasteiger partial charge in [-0.1, -0.05) is 0 Å². The minimum Gasteiger partial charge on any atom is -0.490 e. The van der Waals surface area contributed by atoms with E-state index in [1.54, 1.807) is 21.2 Å². The molecule has 1 aromatic carbocycles. The largest absolute Gasteiger partial charge is 0.490 e. The molecule has 0 spiro atoms. The zero-order chi connectivity index (χ0) is 24.9. The van der Waals surface area contributed by atoms with Gasteiger partial charge < -0.3 is 19.3 Å². The number of piperidine rings is 1. The molecule has 190 valence electrons. The summed E-state index contributed by atoms with van der Waals surface area (Å²) < 4.78 is 39.4. The van der Waals surface area contributed by atoms with E-state index < -0.39 is 11.6 Å². The van der Waals surface area contributed by atoms with E-state index in [0.717, 1.165) is 56.0 Å². The number of carbonyl (C=O) groups excluding carboxylic acids is 1. The maximum Gasteiger partial charge on any atom is 0.226 e. The quantitative estimate of drug-likeness (QED) is 0.506. The summed E-state index contributed by atoms with van der Waals surface area (Å²) in [6.07, 6.45) is 7.68. The summed E-state index contributed by atoms with van der Waals surface area (Å²) >= 11 is 0. The Balaban J connectivity index is 1.19. The van der Waals surface area contributed by atoms with Crippen molar-refractivity contribution < 1.29 is 23.0 Å². The zero-order valence-electron chi connectivity index (χ0n) is 20.7. The van der Waals surface area contributed by atoms with Gasteiger partial charge in [0, 0.05) is 63.9 Å². The molecule has 0 unspecified atom stereocenters. The number of halogens is 2. The van der Waals surface area contributed by atoms with Gasteiger partial charge in [-0.2, -0.15) is 0 Å². The number of amides is 1. The van der Waals surface area contributed by atoms with E-state index in [9.17, 15) is 13.6 Å². The van der Waals surface area contributed by atoms with Crippen LogP contribution in [0.25, 0.3) is 0 Å². The molecule has 2 fully saturated rings. The Morgan fingerprint density at radius 3 is 2.51 bits per heavy atom. The highest BCUT2D eigenvalue weighted by atomic mass is 19.1. The van der Waals surface area contributed by atoms with E-state index in [4.69, 9.17) is 9.47 Å². The fourth-order valence-corrected chi connectivity index (χ4v) is 4.92. The van der Waals surface area contributed by atoms with Gasteiger partial charge in [0.1, 0.15) is 5.82 Å². The third kappa shape index (κ3) is 6.45. The van der Waals surface area contributed by atoms with E-state index in [1.807, 2.05) is 12.4 Å². The Bertz CT molecular complexity index is 1010. The molecule has 35 heavy (non-hydrogen) atoms. The second-order valence-electron chi connectivity index (χ2n) is 9.78. The van der Waals surface area contributed by atoms with Crippen LogP contribution in [0.5, 0.6) is 5.75 Å². The van der Waals surface area contributed by atoms with Crippen molar-refractivity contribution in [1.82, 2.24) is 14.9 Å². The van der Waals surface area contributed by atoms with Gasteiger partial charge in [-0.05, 0) is 49.5 Å². The van der Waals surface area contributed by atoms with Crippen molar-refractivity contribution in [2.45, 2.75) is 38.7 Å². The highest BCUT2D eigenvalue weighted by Crippen LogP contribution is 2.49. The van der Waals surface area contributed by atoms with E-state index >= 15 is 0 Å². The molecule has 4 rings (SSSR count).